The van der Waals surface area contributed by atoms with Crippen molar-refractivity contribution in [2.75, 3.05) is 102 Å². The van der Waals surface area contributed by atoms with Crippen molar-refractivity contribution in [3.63, 3.8) is 0 Å². The first kappa shape index (κ1) is 68.6. The molecule has 6 heterocycles. The van der Waals surface area contributed by atoms with Crippen molar-refractivity contribution < 1.29 is 52.8 Å². The van der Waals surface area contributed by atoms with Crippen LogP contribution < -0.4 is 21.7 Å². The first-order chi connectivity index (χ1) is 43.2. The molecular weight excluding hydrogens is 1250 g/mol. The van der Waals surface area contributed by atoms with Crippen LogP contribution in [0.3, 0.4) is 0 Å². The number of anilines is 2. The number of hydrogen-bond acceptors (Lipinski definition) is 14. The summed E-state index contributed by atoms with van der Waals surface area (Å²) in [5.74, 6) is 10.7. The molecule has 0 spiro atoms. The molecule has 0 bridgehead atoms. The number of imidazole rings is 2. The topological polar surface area (TPSA) is 238 Å². The number of hydrogen-bond donors (Lipinski definition) is 4. The minimum Gasteiger partial charge on any atom is -0.329 e. The Morgan fingerprint density at radius 1 is 0.582 bits per heavy atom. The van der Waals surface area contributed by atoms with Crippen LogP contribution in [0.2, 0.25) is 0 Å². The second-order valence-electron chi connectivity index (χ2n) is 21.2. The molecule has 91 heavy (non-hydrogen) atoms. The molecule has 2 amide bonds. The summed E-state index contributed by atoms with van der Waals surface area (Å²) in [7, 11) is -6.22. The molecular formula is C62H65ClF6N14O6S2. The predicted molar refractivity (Wildman–Crippen MR) is 335 cm³/mol. The number of benzene rings is 4. The molecule has 4 aromatic carbocycles. The van der Waals surface area contributed by atoms with Gasteiger partial charge in [-0.15, -0.1) is 11.6 Å². The molecule has 2 aliphatic rings. The third-order valence-corrected chi connectivity index (χ3v) is 17.6. The number of amides is 2. The predicted octanol–water partition coefficient (Wildman–Crippen LogP) is 7.35. The lowest BCUT2D eigenvalue weighted by Gasteiger charge is -2.33. The number of piperazine rings is 2. The maximum Gasteiger partial charge on any atom is 0.416 e. The number of nitrogens with one attached hydrogen (secondary N) is 3. The minimum atomic E-state index is -4.63. The van der Waals surface area contributed by atoms with Crippen LogP contribution in [0.4, 0.5) is 37.7 Å². The molecule has 10 rings (SSSR count). The van der Waals surface area contributed by atoms with Gasteiger partial charge in [-0.3, -0.25) is 19.4 Å². The van der Waals surface area contributed by atoms with Crippen LogP contribution in [-0.2, 0) is 44.8 Å². The average molecular weight is 1320 g/mol. The van der Waals surface area contributed by atoms with E-state index in [1.54, 1.807) is 94.5 Å². The number of aryl methyl sites for hydroxylation is 2. The van der Waals surface area contributed by atoms with Crippen LogP contribution >= 0.6 is 11.6 Å². The van der Waals surface area contributed by atoms with E-state index in [2.05, 4.69) is 69.6 Å². The quantitative estimate of drug-likeness (QED) is 0.0361. The highest BCUT2D eigenvalue weighted by atomic mass is 35.5. The normalized spacial score (nSPS) is 14.5. The molecule has 0 saturated carbocycles. The van der Waals surface area contributed by atoms with Crippen LogP contribution in [-0.4, -0.2) is 167 Å². The molecule has 5 N–H and O–H groups in total. The van der Waals surface area contributed by atoms with Crippen molar-refractivity contribution in [3.8, 4) is 23.7 Å². The number of carbonyl (C=O) groups excluding carboxylic acids is 2. The molecule has 8 aromatic rings. The second kappa shape index (κ2) is 30.2. The summed E-state index contributed by atoms with van der Waals surface area (Å²) in [5, 5.41) is 16.6. The van der Waals surface area contributed by atoms with Crippen LogP contribution in [0.5, 0.6) is 0 Å². The van der Waals surface area contributed by atoms with E-state index in [0.717, 1.165) is 42.9 Å². The number of halogens is 7. The van der Waals surface area contributed by atoms with Gasteiger partial charge in [0.05, 0.1) is 36.0 Å². The number of nitrogens with zero attached hydrogens (tertiary/aromatic N) is 10. The number of alkyl halides is 7. The Hall–Kier alpha value is -8.29. The van der Waals surface area contributed by atoms with Gasteiger partial charge in [0.25, 0.3) is 11.8 Å². The van der Waals surface area contributed by atoms with Crippen molar-refractivity contribution in [1.29, 1.82) is 0 Å². The van der Waals surface area contributed by atoms with Crippen molar-refractivity contribution in [3.05, 3.63) is 189 Å². The van der Waals surface area contributed by atoms with Gasteiger partial charge in [-0.2, -0.15) is 45.2 Å². The SMILES string of the molecule is CS(=O)(=O)N1CCN(CCN)CC1.Cc1ccc(C(=O)Nc2ccc(CCl)c(C(F)(F)F)c2)cc1C#Cc1cnc2cccnn12.Cc1ccc(C(=O)Nc2ccc(CNCCN3CCN(S(C)(=O)=O)CC3)c(C(F)(F)F)c2)cc1C#Cc1cnc2cccnn12. The van der Waals surface area contributed by atoms with E-state index < -0.39 is 55.3 Å². The van der Waals surface area contributed by atoms with E-state index in [1.807, 2.05) is 13.8 Å². The van der Waals surface area contributed by atoms with E-state index >= 15 is 0 Å². The molecule has 2 fully saturated rings. The minimum absolute atomic E-state index is 0.0184. The van der Waals surface area contributed by atoms with Crippen molar-refractivity contribution in [2.45, 2.75) is 38.6 Å². The summed E-state index contributed by atoms with van der Waals surface area (Å²) >= 11 is 5.61. The monoisotopic (exact) mass is 1310 g/mol. The van der Waals surface area contributed by atoms with Gasteiger partial charge in [0, 0.05) is 137 Å². The summed E-state index contributed by atoms with van der Waals surface area (Å²) in [4.78, 5) is 38.5. The fourth-order valence-electron chi connectivity index (χ4n) is 9.61. The Bertz CT molecular complexity index is 4280. The lowest BCUT2D eigenvalue weighted by Crippen LogP contribution is -2.49. The van der Waals surface area contributed by atoms with Gasteiger partial charge in [0.15, 0.2) is 11.3 Å². The highest BCUT2D eigenvalue weighted by molar-refractivity contribution is 7.88. The summed E-state index contributed by atoms with van der Waals surface area (Å²) in [6.07, 6.45) is -0.321. The number of nitrogens with two attached hydrogens (primary N) is 1. The largest absolute Gasteiger partial charge is 0.416 e. The molecule has 29 heteroatoms. The summed E-state index contributed by atoms with van der Waals surface area (Å²) in [5.41, 5.74) is 9.53. The van der Waals surface area contributed by atoms with E-state index in [-0.39, 0.29) is 46.1 Å². The molecule has 0 unspecified atom stereocenters. The third-order valence-electron chi connectivity index (χ3n) is 14.7. The number of carbonyl (C=O) groups is 2. The van der Waals surface area contributed by atoms with Gasteiger partial charge in [0.2, 0.25) is 20.0 Å². The number of sulfonamides is 2. The van der Waals surface area contributed by atoms with Gasteiger partial charge >= 0.3 is 12.4 Å². The zero-order valence-corrected chi connectivity index (χ0v) is 52.3. The fourth-order valence-corrected chi connectivity index (χ4v) is 11.5. The number of fused-ring (bicyclic) bond motifs is 2. The molecule has 20 nitrogen and oxygen atoms in total. The van der Waals surface area contributed by atoms with Crippen molar-refractivity contribution in [2.24, 2.45) is 5.73 Å². The van der Waals surface area contributed by atoms with Crippen LogP contribution in [0, 0.1) is 37.5 Å². The zero-order valence-electron chi connectivity index (χ0n) is 49.9. The van der Waals surface area contributed by atoms with Crippen molar-refractivity contribution in [1.82, 2.24) is 52.9 Å². The third kappa shape index (κ3) is 18.9. The molecule has 2 saturated heterocycles. The molecule has 480 valence electrons. The standard InChI is InChI=1S/C31H32F3N7O3S.C24H16ClF3N4O.C7H17N3O2S/c1-22-5-6-24(18-23(22)8-10-27-21-36-29-4-3-11-37-41(27)29)30(42)38-26-9-7-25(28(19-26)31(32,33)34)20-35-12-13-39-14-16-40(17-15-39)45(2,43)44;1-15-4-5-17(11-16(15)7-9-20-14-29-22-3-2-10-30-32(20)22)23(33)31-19-8-6-18(13-25)21(12-19)24(26,27)28;1-13(11,12)10-6-4-9(3-2-8)5-7-10/h3-7,9,11,18-19,21,35H,12-17,20H2,1-2H3,(H,38,42);2-6,8,10-12,14H,13H2,1H3,(H,31,33);2-8H2,1H3. The molecule has 0 atom stereocenters. The first-order valence-electron chi connectivity index (χ1n) is 28.4. The Morgan fingerprint density at radius 3 is 1.43 bits per heavy atom. The molecule has 2 aliphatic heterocycles. The van der Waals surface area contributed by atoms with E-state index in [1.165, 1.54) is 45.4 Å². The summed E-state index contributed by atoms with van der Waals surface area (Å²) < 4.78 is 134. The van der Waals surface area contributed by atoms with Crippen LogP contribution in [0.25, 0.3) is 11.3 Å². The summed E-state index contributed by atoms with van der Waals surface area (Å²) in [6.45, 7) is 10.9. The highest BCUT2D eigenvalue weighted by Crippen LogP contribution is 2.36. The average Bonchev–Trinajstić information content (AvgIpc) is 1.75. The van der Waals surface area contributed by atoms with E-state index in [4.69, 9.17) is 17.3 Å². The van der Waals surface area contributed by atoms with Crippen molar-refractivity contribution >= 4 is 66.1 Å². The smallest absolute Gasteiger partial charge is 0.329 e. The maximum atomic E-state index is 14.0. The summed E-state index contributed by atoms with van der Waals surface area (Å²) in [6, 6.07) is 24.2. The highest BCUT2D eigenvalue weighted by Gasteiger charge is 2.35. The molecule has 4 aromatic heterocycles. The Kier molecular flexibility index (Phi) is 22.8. The lowest BCUT2D eigenvalue weighted by molar-refractivity contribution is -0.139. The van der Waals surface area contributed by atoms with Gasteiger partial charge in [-0.25, -0.2) is 35.8 Å². The Labute approximate surface area is 527 Å². The van der Waals surface area contributed by atoms with Gasteiger partial charge < -0.3 is 21.7 Å². The Morgan fingerprint density at radius 2 is 1.01 bits per heavy atom. The first-order valence-corrected chi connectivity index (χ1v) is 32.6. The maximum absolute atomic E-state index is 14.0. The van der Waals surface area contributed by atoms with E-state index in [0.29, 0.717) is 92.7 Å². The second-order valence-corrected chi connectivity index (χ2v) is 25.4. The van der Waals surface area contributed by atoms with Gasteiger partial charge in [0.1, 0.15) is 11.4 Å². The zero-order chi connectivity index (χ0) is 65.7. The molecule has 0 radical (unpaired) electrons. The Balaban J connectivity index is 0.000000202. The van der Waals surface area contributed by atoms with Gasteiger partial charge in [-0.1, -0.05) is 36.1 Å². The van der Waals surface area contributed by atoms with E-state index in [9.17, 15) is 52.8 Å². The van der Waals surface area contributed by atoms with Gasteiger partial charge in [-0.05, 0) is 121 Å². The number of rotatable bonds is 14. The lowest BCUT2D eigenvalue weighted by atomic mass is 10.0. The van der Waals surface area contributed by atoms with Crippen LogP contribution in [0.15, 0.2) is 122 Å². The number of aromatic nitrogens is 6. The fraction of sp³-hybridized carbons (Fsp3) is 0.323. The molecule has 0 aliphatic carbocycles. The van der Waals surface area contributed by atoms with Crippen LogP contribution in [0.1, 0.15) is 76.6 Å².